The number of hydrogen-bond donors (Lipinski definition) is 2. The van der Waals surface area contributed by atoms with Crippen molar-refractivity contribution in [2.24, 2.45) is 0 Å². The van der Waals surface area contributed by atoms with Gasteiger partial charge in [0.25, 0.3) is 0 Å². The first-order valence-electron chi connectivity index (χ1n) is 6.66. The first kappa shape index (κ1) is 16.0. The smallest absolute Gasteiger partial charge is 0.314 e. The Morgan fingerprint density at radius 3 is 2.09 bits per heavy atom. The minimum atomic E-state index is -0.859. The van der Waals surface area contributed by atoms with E-state index in [-0.39, 0.29) is 10.7 Å². The molecule has 0 aliphatic heterocycles. The molecule has 0 bridgehead atoms. The minimum Gasteiger partial charge on any atom is -0.318 e. The molecule has 6 heteroatoms. The number of halogens is 2. The molecule has 114 valence electrons. The molecule has 0 unspecified atom stereocenters. The number of carbonyl (C=O) groups excluding carboxylic acids is 2. The summed E-state index contributed by atoms with van der Waals surface area (Å²) in [6, 6.07) is 10.8. The summed E-state index contributed by atoms with van der Waals surface area (Å²) >= 11 is 5.61. The average Bonchev–Trinajstić information content (AvgIpc) is 2.51. The van der Waals surface area contributed by atoms with Crippen LogP contribution < -0.4 is 10.6 Å². The number of benzene rings is 2. The second-order valence-corrected chi connectivity index (χ2v) is 4.99. The van der Waals surface area contributed by atoms with Gasteiger partial charge in [0.2, 0.25) is 0 Å². The molecule has 0 saturated carbocycles. The Kier molecular flexibility index (Phi) is 5.12. The van der Waals surface area contributed by atoms with E-state index in [1.807, 2.05) is 19.1 Å². The predicted molar refractivity (Wildman–Crippen MR) is 84.5 cm³/mol. The molecule has 2 N–H and O–H groups in total. The highest BCUT2D eigenvalue weighted by molar-refractivity contribution is 6.43. The van der Waals surface area contributed by atoms with E-state index in [1.165, 1.54) is 12.1 Å². The second kappa shape index (κ2) is 7.04. The topological polar surface area (TPSA) is 58.2 Å². The zero-order valence-electron chi connectivity index (χ0n) is 11.8. The summed E-state index contributed by atoms with van der Waals surface area (Å²) < 4.78 is 13.0. The van der Waals surface area contributed by atoms with Crippen LogP contribution in [-0.4, -0.2) is 11.8 Å². The quantitative estimate of drug-likeness (QED) is 0.849. The van der Waals surface area contributed by atoms with Gasteiger partial charge in [-0.3, -0.25) is 9.59 Å². The van der Waals surface area contributed by atoms with Gasteiger partial charge in [-0.05, 0) is 42.3 Å². The van der Waals surface area contributed by atoms with Gasteiger partial charge in [0, 0.05) is 11.4 Å². The van der Waals surface area contributed by atoms with Crippen molar-refractivity contribution in [1.29, 1.82) is 0 Å². The van der Waals surface area contributed by atoms with E-state index < -0.39 is 17.6 Å². The summed E-state index contributed by atoms with van der Waals surface area (Å²) in [6.07, 6.45) is 0.889. The third kappa shape index (κ3) is 4.05. The average molecular weight is 321 g/mol. The van der Waals surface area contributed by atoms with Crippen LogP contribution in [0, 0.1) is 5.82 Å². The lowest BCUT2D eigenvalue weighted by atomic mass is 10.1. The van der Waals surface area contributed by atoms with Crippen molar-refractivity contribution in [2.45, 2.75) is 13.3 Å². The van der Waals surface area contributed by atoms with Gasteiger partial charge in [-0.25, -0.2) is 4.39 Å². The number of aryl methyl sites for hydroxylation is 1. The molecule has 2 aromatic rings. The Hall–Kier alpha value is -2.40. The number of rotatable bonds is 3. The number of anilines is 2. The van der Waals surface area contributed by atoms with Crippen LogP contribution in [0.25, 0.3) is 0 Å². The van der Waals surface area contributed by atoms with Crippen molar-refractivity contribution in [3.8, 4) is 0 Å². The van der Waals surface area contributed by atoms with Crippen molar-refractivity contribution >= 4 is 34.8 Å². The zero-order chi connectivity index (χ0) is 16.1. The molecular formula is C16H14ClFN2O2. The number of hydrogen-bond acceptors (Lipinski definition) is 2. The Labute approximate surface area is 132 Å². The molecule has 0 fully saturated rings. The standard InChI is InChI=1S/C16H14ClFN2O2/c1-2-10-3-5-11(6-4-10)19-15(21)16(22)20-12-7-8-14(18)13(17)9-12/h3-9H,2H2,1H3,(H,19,21)(H,20,22). The van der Waals surface area contributed by atoms with Gasteiger partial charge < -0.3 is 10.6 Å². The fourth-order valence-electron chi connectivity index (χ4n) is 1.77. The van der Waals surface area contributed by atoms with Crippen molar-refractivity contribution in [2.75, 3.05) is 10.6 Å². The summed E-state index contributed by atoms with van der Waals surface area (Å²) in [4.78, 5) is 23.6. The van der Waals surface area contributed by atoms with Crippen LogP contribution in [0.5, 0.6) is 0 Å². The maximum atomic E-state index is 13.0. The molecule has 0 radical (unpaired) electrons. The third-order valence-electron chi connectivity index (χ3n) is 3.00. The maximum absolute atomic E-state index is 13.0. The van der Waals surface area contributed by atoms with Crippen LogP contribution in [0.1, 0.15) is 12.5 Å². The minimum absolute atomic E-state index is 0.131. The van der Waals surface area contributed by atoms with Crippen molar-refractivity contribution in [3.05, 3.63) is 58.9 Å². The van der Waals surface area contributed by atoms with Crippen LogP contribution in [0.15, 0.2) is 42.5 Å². The molecule has 0 spiro atoms. The van der Waals surface area contributed by atoms with Gasteiger partial charge in [0.1, 0.15) is 5.82 Å². The van der Waals surface area contributed by atoms with Gasteiger partial charge in [-0.1, -0.05) is 30.7 Å². The van der Waals surface area contributed by atoms with Gasteiger partial charge in [-0.2, -0.15) is 0 Å². The van der Waals surface area contributed by atoms with Crippen LogP contribution in [0.4, 0.5) is 15.8 Å². The lowest BCUT2D eigenvalue weighted by Gasteiger charge is -2.07. The number of carbonyl (C=O) groups is 2. The molecule has 0 heterocycles. The van der Waals surface area contributed by atoms with E-state index in [1.54, 1.807) is 12.1 Å². The first-order valence-corrected chi connectivity index (χ1v) is 7.03. The lowest BCUT2D eigenvalue weighted by Crippen LogP contribution is -2.29. The Balaban J connectivity index is 1.99. The SMILES string of the molecule is CCc1ccc(NC(=O)C(=O)Nc2ccc(F)c(Cl)c2)cc1. The normalized spacial score (nSPS) is 10.1. The van der Waals surface area contributed by atoms with E-state index in [9.17, 15) is 14.0 Å². The molecule has 4 nitrogen and oxygen atoms in total. The zero-order valence-corrected chi connectivity index (χ0v) is 12.6. The Morgan fingerprint density at radius 1 is 1.00 bits per heavy atom. The first-order chi connectivity index (χ1) is 10.5. The van der Waals surface area contributed by atoms with Gasteiger partial charge in [0.15, 0.2) is 0 Å². The second-order valence-electron chi connectivity index (χ2n) is 4.59. The van der Waals surface area contributed by atoms with E-state index in [4.69, 9.17) is 11.6 Å². The summed E-state index contributed by atoms with van der Waals surface area (Å²) in [6.45, 7) is 2.02. The van der Waals surface area contributed by atoms with E-state index >= 15 is 0 Å². The highest BCUT2D eigenvalue weighted by Crippen LogP contribution is 2.19. The Morgan fingerprint density at radius 2 is 1.55 bits per heavy atom. The fraction of sp³-hybridized carbons (Fsp3) is 0.125. The van der Waals surface area contributed by atoms with Crippen LogP contribution in [-0.2, 0) is 16.0 Å². The maximum Gasteiger partial charge on any atom is 0.314 e. The molecule has 0 atom stereocenters. The van der Waals surface area contributed by atoms with E-state index in [0.717, 1.165) is 18.1 Å². The van der Waals surface area contributed by atoms with Crippen LogP contribution in [0.2, 0.25) is 5.02 Å². The molecular weight excluding hydrogens is 307 g/mol. The molecule has 0 saturated heterocycles. The highest BCUT2D eigenvalue weighted by atomic mass is 35.5. The Bertz CT molecular complexity index is 702. The summed E-state index contributed by atoms with van der Waals surface area (Å²) in [5.74, 6) is -2.27. The van der Waals surface area contributed by atoms with E-state index in [0.29, 0.717) is 5.69 Å². The van der Waals surface area contributed by atoms with E-state index in [2.05, 4.69) is 10.6 Å². The van der Waals surface area contributed by atoms with Crippen molar-refractivity contribution in [3.63, 3.8) is 0 Å². The van der Waals surface area contributed by atoms with Gasteiger partial charge in [-0.15, -0.1) is 0 Å². The molecule has 0 aliphatic rings. The lowest BCUT2D eigenvalue weighted by molar-refractivity contribution is -0.132. The summed E-state index contributed by atoms with van der Waals surface area (Å²) in [7, 11) is 0. The molecule has 2 rings (SSSR count). The van der Waals surface area contributed by atoms with Gasteiger partial charge in [0.05, 0.1) is 5.02 Å². The monoisotopic (exact) mass is 320 g/mol. The van der Waals surface area contributed by atoms with Gasteiger partial charge >= 0.3 is 11.8 Å². The van der Waals surface area contributed by atoms with Crippen molar-refractivity contribution in [1.82, 2.24) is 0 Å². The summed E-state index contributed by atoms with van der Waals surface area (Å²) in [5, 5.41) is 4.70. The molecule has 2 amide bonds. The molecule has 0 aromatic heterocycles. The molecule has 2 aromatic carbocycles. The largest absolute Gasteiger partial charge is 0.318 e. The predicted octanol–water partition coefficient (Wildman–Crippen LogP) is 3.62. The van der Waals surface area contributed by atoms with Crippen molar-refractivity contribution < 1.29 is 14.0 Å². The summed E-state index contributed by atoms with van der Waals surface area (Å²) in [5.41, 5.74) is 1.89. The molecule has 22 heavy (non-hydrogen) atoms. The van der Waals surface area contributed by atoms with Crippen LogP contribution in [0.3, 0.4) is 0 Å². The number of nitrogens with one attached hydrogen (secondary N) is 2. The highest BCUT2D eigenvalue weighted by Gasteiger charge is 2.14. The third-order valence-corrected chi connectivity index (χ3v) is 3.29. The molecule has 0 aliphatic carbocycles. The van der Waals surface area contributed by atoms with Crippen LogP contribution >= 0.6 is 11.6 Å². The number of amides is 2. The fourth-order valence-corrected chi connectivity index (χ4v) is 1.95.